The van der Waals surface area contributed by atoms with Crippen LogP contribution >= 0.6 is 11.3 Å². The van der Waals surface area contributed by atoms with Crippen LogP contribution in [-0.2, 0) is 13.0 Å². The first-order chi connectivity index (χ1) is 9.24. The average molecular weight is 274 g/mol. The van der Waals surface area contributed by atoms with Gasteiger partial charge in [0.1, 0.15) is 0 Å². The zero-order chi connectivity index (χ0) is 13.5. The van der Waals surface area contributed by atoms with Gasteiger partial charge in [0.2, 0.25) is 0 Å². The third-order valence-corrected chi connectivity index (χ3v) is 4.06. The minimum absolute atomic E-state index is 0.241. The Balaban J connectivity index is 1.70. The van der Waals surface area contributed by atoms with Crippen LogP contribution in [0.25, 0.3) is 0 Å². The first-order valence-electron chi connectivity index (χ1n) is 6.74. The lowest BCUT2D eigenvalue weighted by Gasteiger charge is -2.20. The molecule has 0 fully saturated rings. The van der Waals surface area contributed by atoms with Gasteiger partial charge in [-0.15, -0.1) is 11.3 Å². The van der Waals surface area contributed by atoms with Crippen molar-refractivity contribution in [2.75, 3.05) is 13.6 Å². The molecular weight excluding hydrogens is 252 g/mol. The molecule has 0 radical (unpaired) electrons. The van der Waals surface area contributed by atoms with Gasteiger partial charge in [0.15, 0.2) is 0 Å². The quantitative estimate of drug-likeness (QED) is 0.840. The Morgan fingerprint density at radius 3 is 2.63 bits per heavy atom. The Kier molecular flexibility index (Phi) is 5.58. The monoisotopic (exact) mass is 274 g/mol. The van der Waals surface area contributed by atoms with E-state index in [1.807, 2.05) is 0 Å². The number of nitrogens with two attached hydrogens (primary N) is 1. The first-order valence-corrected chi connectivity index (χ1v) is 7.62. The minimum Gasteiger partial charge on any atom is -0.327 e. The highest BCUT2D eigenvalue weighted by Gasteiger charge is 2.08. The zero-order valence-corrected chi connectivity index (χ0v) is 12.3. The fraction of sp³-hybridized carbons (Fsp3) is 0.375. The van der Waals surface area contributed by atoms with Crippen molar-refractivity contribution in [3.05, 3.63) is 58.3 Å². The summed E-state index contributed by atoms with van der Waals surface area (Å²) in [6, 6.07) is 15.1. The van der Waals surface area contributed by atoms with Crippen LogP contribution in [0, 0.1) is 0 Å². The summed E-state index contributed by atoms with van der Waals surface area (Å²) in [6.45, 7) is 1.95. The maximum absolute atomic E-state index is 6.21. The number of benzene rings is 1. The smallest absolute Gasteiger partial charge is 0.0325 e. The number of hydrogen-bond donors (Lipinski definition) is 1. The molecule has 0 aliphatic heterocycles. The van der Waals surface area contributed by atoms with Gasteiger partial charge in [-0.25, -0.2) is 0 Å². The van der Waals surface area contributed by atoms with Gasteiger partial charge in [-0.3, -0.25) is 4.90 Å². The molecule has 2 N–H and O–H groups in total. The van der Waals surface area contributed by atoms with Gasteiger partial charge in [0, 0.05) is 24.0 Å². The van der Waals surface area contributed by atoms with Gasteiger partial charge >= 0.3 is 0 Å². The Labute approximate surface area is 119 Å². The summed E-state index contributed by atoms with van der Waals surface area (Å²) in [4.78, 5) is 3.71. The molecule has 0 bridgehead atoms. The number of rotatable bonds is 7. The summed E-state index contributed by atoms with van der Waals surface area (Å²) in [6.07, 6.45) is 2.10. The standard InChI is InChI=1S/C16H22N2S/c1-18(13-16-8-5-11-19-16)12-15(17)10-9-14-6-3-2-4-7-14/h2-8,11,15H,9-10,12-13,17H2,1H3. The molecule has 0 amide bonds. The Morgan fingerprint density at radius 2 is 1.95 bits per heavy atom. The molecule has 2 aromatic rings. The minimum atomic E-state index is 0.241. The molecule has 1 unspecified atom stereocenters. The fourth-order valence-corrected chi connectivity index (χ4v) is 3.01. The van der Waals surface area contributed by atoms with E-state index < -0.39 is 0 Å². The van der Waals surface area contributed by atoms with Crippen LogP contribution in [0.15, 0.2) is 47.8 Å². The molecule has 1 heterocycles. The van der Waals surface area contributed by atoms with Crippen molar-refractivity contribution in [2.45, 2.75) is 25.4 Å². The summed E-state index contributed by atoms with van der Waals surface area (Å²) in [5.74, 6) is 0. The van der Waals surface area contributed by atoms with E-state index >= 15 is 0 Å². The second kappa shape index (κ2) is 7.43. The summed E-state index contributed by atoms with van der Waals surface area (Å²) < 4.78 is 0. The molecule has 0 spiro atoms. The topological polar surface area (TPSA) is 29.3 Å². The fourth-order valence-electron chi connectivity index (χ4n) is 2.22. The first kappa shape index (κ1) is 14.3. The number of nitrogens with zero attached hydrogens (tertiary/aromatic N) is 1. The van der Waals surface area contributed by atoms with Crippen molar-refractivity contribution in [3.8, 4) is 0 Å². The normalized spacial score (nSPS) is 12.8. The largest absolute Gasteiger partial charge is 0.327 e. The van der Waals surface area contributed by atoms with Crippen molar-refractivity contribution < 1.29 is 0 Å². The van der Waals surface area contributed by atoms with E-state index in [2.05, 4.69) is 59.8 Å². The molecule has 19 heavy (non-hydrogen) atoms. The van der Waals surface area contributed by atoms with Gasteiger partial charge < -0.3 is 5.73 Å². The summed E-state index contributed by atoms with van der Waals surface area (Å²) >= 11 is 1.81. The van der Waals surface area contributed by atoms with Crippen molar-refractivity contribution in [1.82, 2.24) is 4.90 Å². The number of hydrogen-bond acceptors (Lipinski definition) is 3. The second-order valence-corrected chi connectivity index (χ2v) is 6.09. The van der Waals surface area contributed by atoms with E-state index in [-0.39, 0.29) is 6.04 Å². The van der Waals surface area contributed by atoms with Crippen LogP contribution < -0.4 is 5.73 Å². The van der Waals surface area contributed by atoms with E-state index in [1.165, 1.54) is 10.4 Å². The lowest BCUT2D eigenvalue weighted by Crippen LogP contribution is -2.35. The molecule has 2 rings (SSSR count). The Hall–Kier alpha value is -1.16. The number of aryl methyl sites for hydroxylation is 1. The average Bonchev–Trinajstić information content (AvgIpc) is 2.90. The predicted molar refractivity (Wildman–Crippen MR) is 83.4 cm³/mol. The Bertz CT molecular complexity index is 453. The Morgan fingerprint density at radius 1 is 1.16 bits per heavy atom. The zero-order valence-electron chi connectivity index (χ0n) is 11.5. The third-order valence-electron chi connectivity index (χ3n) is 3.20. The van der Waals surface area contributed by atoms with E-state index in [0.717, 1.165) is 25.9 Å². The van der Waals surface area contributed by atoms with Gasteiger partial charge in [-0.05, 0) is 36.9 Å². The van der Waals surface area contributed by atoms with Crippen LogP contribution in [-0.4, -0.2) is 24.5 Å². The van der Waals surface area contributed by atoms with E-state index in [4.69, 9.17) is 5.73 Å². The molecule has 1 atom stereocenters. The molecule has 1 aromatic carbocycles. The SMILES string of the molecule is CN(Cc1cccs1)CC(N)CCc1ccccc1. The van der Waals surface area contributed by atoms with Crippen LogP contribution in [0.3, 0.4) is 0 Å². The highest BCUT2D eigenvalue weighted by atomic mass is 32.1. The molecule has 0 saturated carbocycles. The van der Waals surface area contributed by atoms with Crippen LogP contribution in [0.5, 0.6) is 0 Å². The van der Waals surface area contributed by atoms with Crippen LogP contribution in [0.4, 0.5) is 0 Å². The summed E-state index contributed by atoms with van der Waals surface area (Å²) in [7, 11) is 2.14. The van der Waals surface area contributed by atoms with Gasteiger partial charge in [0.25, 0.3) is 0 Å². The number of likely N-dealkylation sites (N-methyl/N-ethyl adjacent to an activating group) is 1. The second-order valence-electron chi connectivity index (χ2n) is 5.06. The molecule has 0 aliphatic rings. The van der Waals surface area contributed by atoms with Crippen LogP contribution in [0.1, 0.15) is 16.9 Å². The summed E-state index contributed by atoms with van der Waals surface area (Å²) in [5, 5.41) is 2.12. The molecule has 0 saturated heterocycles. The highest BCUT2D eigenvalue weighted by molar-refractivity contribution is 7.09. The van der Waals surface area contributed by atoms with E-state index in [0.29, 0.717) is 0 Å². The van der Waals surface area contributed by atoms with Crippen molar-refractivity contribution in [1.29, 1.82) is 0 Å². The van der Waals surface area contributed by atoms with Gasteiger partial charge in [0.05, 0.1) is 0 Å². The third kappa shape index (κ3) is 5.15. The van der Waals surface area contributed by atoms with E-state index in [9.17, 15) is 0 Å². The highest BCUT2D eigenvalue weighted by Crippen LogP contribution is 2.11. The van der Waals surface area contributed by atoms with Crippen molar-refractivity contribution >= 4 is 11.3 Å². The maximum Gasteiger partial charge on any atom is 0.0325 e. The molecule has 102 valence electrons. The van der Waals surface area contributed by atoms with Crippen molar-refractivity contribution in [2.24, 2.45) is 5.73 Å². The van der Waals surface area contributed by atoms with E-state index in [1.54, 1.807) is 11.3 Å². The molecule has 3 heteroatoms. The molecule has 0 aliphatic carbocycles. The van der Waals surface area contributed by atoms with Crippen LogP contribution in [0.2, 0.25) is 0 Å². The maximum atomic E-state index is 6.21. The van der Waals surface area contributed by atoms with Gasteiger partial charge in [-0.2, -0.15) is 0 Å². The lowest BCUT2D eigenvalue weighted by atomic mass is 10.1. The lowest BCUT2D eigenvalue weighted by molar-refractivity contribution is 0.300. The number of thiophene rings is 1. The molecule has 1 aromatic heterocycles. The molecular formula is C16H22N2S. The molecule has 2 nitrogen and oxygen atoms in total. The van der Waals surface area contributed by atoms with Crippen molar-refractivity contribution in [3.63, 3.8) is 0 Å². The van der Waals surface area contributed by atoms with Gasteiger partial charge in [-0.1, -0.05) is 36.4 Å². The summed E-state index contributed by atoms with van der Waals surface area (Å²) in [5.41, 5.74) is 7.59. The predicted octanol–water partition coefficient (Wildman–Crippen LogP) is 3.14.